The minimum atomic E-state index is -0.644. The monoisotopic (exact) mass is 330 g/mol. The Balaban J connectivity index is 2.08. The summed E-state index contributed by atoms with van der Waals surface area (Å²) in [6.07, 6.45) is 0. The van der Waals surface area contributed by atoms with Crippen LogP contribution in [0.2, 0.25) is 0 Å². The molecule has 2 N–H and O–H groups in total. The fourth-order valence-corrected chi connectivity index (χ4v) is 4.13. The molecule has 124 valence electrons. The predicted octanol–water partition coefficient (Wildman–Crippen LogP) is 4.26. The number of carbonyl (C=O) groups is 1. The first-order chi connectivity index (χ1) is 12.0. The molecule has 0 radical (unpaired) electrons. The smallest absolute Gasteiger partial charge is 0.167 e. The van der Waals surface area contributed by atoms with E-state index in [0.29, 0.717) is 0 Å². The van der Waals surface area contributed by atoms with Crippen LogP contribution in [0, 0.1) is 5.92 Å². The molecule has 3 aromatic rings. The molecule has 3 aromatic carbocycles. The Hall–Kier alpha value is -3.07. The number of Topliss-reactive ketones (excluding diaryl/α,β-unsaturated/α-hetero) is 1. The van der Waals surface area contributed by atoms with Crippen molar-refractivity contribution < 1.29 is 15.0 Å². The average Bonchev–Trinajstić information content (AvgIpc) is 2.86. The van der Waals surface area contributed by atoms with Gasteiger partial charge in [-0.15, -0.1) is 0 Å². The molecule has 1 unspecified atom stereocenters. The Bertz CT molecular complexity index is 894. The van der Waals surface area contributed by atoms with Crippen LogP contribution in [0.4, 0.5) is 0 Å². The molecular weight excluding hydrogens is 312 g/mol. The Morgan fingerprint density at radius 2 is 1.24 bits per heavy atom. The zero-order valence-electron chi connectivity index (χ0n) is 13.8. The lowest BCUT2D eigenvalue weighted by atomic mass is 9.65. The lowest BCUT2D eigenvalue weighted by Gasteiger charge is -2.35. The van der Waals surface area contributed by atoms with E-state index < -0.39 is 5.41 Å². The molecule has 0 aliphatic heterocycles. The number of hydrogen-bond donors (Lipinski definition) is 2. The fourth-order valence-electron chi connectivity index (χ4n) is 4.13. The molecule has 0 saturated carbocycles. The van der Waals surface area contributed by atoms with Gasteiger partial charge in [0.1, 0.15) is 11.5 Å². The van der Waals surface area contributed by atoms with E-state index in [1.54, 1.807) is 24.3 Å². The number of fused-ring (bicyclic) bond motifs is 1. The van der Waals surface area contributed by atoms with Crippen LogP contribution in [0.5, 0.6) is 11.5 Å². The molecule has 0 amide bonds. The van der Waals surface area contributed by atoms with Crippen LogP contribution in [-0.4, -0.2) is 16.0 Å². The third-order valence-electron chi connectivity index (χ3n) is 5.31. The van der Waals surface area contributed by atoms with Crippen LogP contribution in [0.15, 0.2) is 72.8 Å². The second kappa shape index (κ2) is 5.49. The number of hydrogen-bond acceptors (Lipinski definition) is 3. The van der Waals surface area contributed by atoms with Gasteiger partial charge in [0.2, 0.25) is 0 Å². The Morgan fingerprint density at radius 3 is 1.76 bits per heavy atom. The van der Waals surface area contributed by atoms with Crippen molar-refractivity contribution in [1.82, 2.24) is 0 Å². The fraction of sp³-hybridized carbons (Fsp3) is 0.136. The standard InChI is InChI=1S/C22H18O3/c1-14-21(25)19-4-2-3-5-20(19)22(14,15-6-10-17(23)11-7-15)16-8-12-18(24)13-9-16/h2-14,23-24H,1H3. The van der Waals surface area contributed by atoms with Gasteiger partial charge in [0, 0.05) is 11.5 Å². The number of ketones is 1. The van der Waals surface area contributed by atoms with Crippen LogP contribution in [-0.2, 0) is 5.41 Å². The molecule has 0 heterocycles. The molecule has 4 rings (SSSR count). The highest BCUT2D eigenvalue weighted by molar-refractivity contribution is 6.05. The van der Waals surface area contributed by atoms with Gasteiger partial charge in [-0.05, 0) is 41.0 Å². The quantitative estimate of drug-likeness (QED) is 0.738. The maximum atomic E-state index is 13.0. The zero-order valence-corrected chi connectivity index (χ0v) is 13.8. The topological polar surface area (TPSA) is 57.5 Å². The highest BCUT2D eigenvalue weighted by Crippen LogP contribution is 2.52. The first-order valence-corrected chi connectivity index (χ1v) is 8.28. The van der Waals surface area contributed by atoms with Crippen LogP contribution >= 0.6 is 0 Å². The van der Waals surface area contributed by atoms with E-state index in [2.05, 4.69) is 0 Å². The average molecular weight is 330 g/mol. The second-order valence-corrected chi connectivity index (χ2v) is 6.53. The van der Waals surface area contributed by atoms with Crippen molar-refractivity contribution in [2.45, 2.75) is 12.3 Å². The van der Waals surface area contributed by atoms with Gasteiger partial charge in [0.15, 0.2) is 5.78 Å². The summed E-state index contributed by atoms with van der Waals surface area (Å²) in [5.74, 6) is 0.195. The summed E-state index contributed by atoms with van der Waals surface area (Å²) in [7, 11) is 0. The van der Waals surface area contributed by atoms with E-state index in [0.717, 1.165) is 22.3 Å². The van der Waals surface area contributed by atoms with Crippen molar-refractivity contribution in [2.75, 3.05) is 0 Å². The number of benzene rings is 3. The SMILES string of the molecule is CC1C(=O)c2ccccc2C1(c1ccc(O)cc1)c1ccc(O)cc1. The minimum absolute atomic E-state index is 0.108. The van der Waals surface area contributed by atoms with Gasteiger partial charge in [0.25, 0.3) is 0 Å². The largest absolute Gasteiger partial charge is 0.508 e. The van der Waals surface area contributed by atoms with E-state index in [9.17, 15) is 15.0 Å². The van der Waals surface area contributed by atoms with E-state index >= 15 is 0 Å². The molecule has 0 spiro atoms. The Morgan fingerprint density at radius 1 is 0.760 bits per heavy atom. The van der Waals surface area contributed by atoms with Gasteiger partial charge < -0.3 is 10.2 Å². The maximum Gasteiger partial charge on any atom is 0.167 e. The predicted molar refractivity (Wildman–Crippen MR) is 96.0 cm³/mol. The van der Waals surface area contributed by atoms with Crippen molar-refractivity contribution in [3.05, 3.63) is 95.1 Å². The highest BCUT2D eigenvalue weighted by atomic mass is 16.3. The Kier molecular flexibility index (Phi) is 3.39. The summed E-state index contributed by atoms with van der Waals surface area (Å²) in [4.78, 5) is 13.0. The van der Waals surface area contributed by atoms with Crippen molar-refractivity contribution in [1.29, 1.82) is 0 Å². The van der Waals surface area contributed by atoms with Crippen molar-refractivity contribution in [2.24, 2.45) is 5.92 Å². The molecule has 3 heteroatoms. The molecule has 0 saturated heterocycles. The molecule has 1 aliphatic rings. The second-order valence-electron chi connectivity index (χ2n) is 6.53. The number of phenolic OH excluding ortho intramolecular Hbond substituents is 2. The number of aromatic hydroxyl groups is 2. The Labute approximate surface area is 146 Å². The molecule has 0 bridgehead atoms. The first kappa shape index (κ1) is 15.5. The van der Waals surface area contributed by atoms with Crippen LogP contribution in [0.3, 0.4) is 0 Å². The molecule has 0 aromatic heterocycles. The van der Waals surface area contributed by atoms with Gasteiger partial charge in [-0.25, -0.2) is 0 Å². The minimum Gasteiger partial charge on any atom is -0.508 e. The third kappa shape index (κ3) is 2.09. The summed E-state index contributed by atoms with van der Waals surface area (Å²) < 4.78 is 0. The molecule has 1 atom stereocenters. The lowest BCUT2D eigenvalue weighted by molar-refractivity contribution is 0.0923. The molecule has 0 fully saturated rings. The molecule has 25 heavy (non-hydrogen) atoms. The zero-order chi connectivity index (χ0) is 17.6. The van der Waals surface area contributed by atoms with E-state index in [1.165, 1.54) is 0 Å². The van der Waals surface area contributed by atoms with E-state index in [1.807, 2.05) is 55.5 Å². The summed E-state index contributed by atoms with van der Waals surface area (Å²) in [5, 5.41) is 19.4. The highest BCUT2D eigenvalue weighted by Gasteiger charge is 2.51. The van der Waals surface area contributed by atoms with Gasteiger partial charge in [-0.1, -0.05) is 55.5 Å². The number of rotatable bonds is 2. The molecule has 1 aliphatic carbocycles. The van der Waals surface area contributed by atoms with Crippen LogP contribution in [0.1, 0.15) is 34.0 Å². The van der Waals surface area contributed by atoms with Gasteiger partial charge in [-0.3, -0.25) is 4.79 Å². The lowest BCUT2D eigenvalue weighted by Crippen LogP contribution is -2.34. The molecular formula is C22H18O3. The summed E-state index contributed by atoms with van der Waals surface area (Å²) in [6, 6.07) is 21.8. The third-order valence-corrected chi connectivity index (χ3v) is 5.31. The van der Waals surface area contributed by atoms with Crippen LogP contribution < -0.4 is 0 Å². The summed E-state index contributed by atoms with van der Waals surface area (Å²) in [5.41, 5.74) is 2.94. The van der Waals surface area contributed by atoms with E-state index in [4.69, 9.17) is 0 Å². The van der Waals surface area contributed by atoms with Gasteiger partial charge >= 0.3 is 0 Å². The summed E-state index contributed by atoms with van der Waals surface area (Å²) >= 11 is 0. The maximum absolute atomic E-state index is 13.0. The van der Waals surface area contributed by atoms with Gasteiger partial charge in [-0.2, -0.15) is 0 Å². The van der Waals surface area contributed by atoms with Gasteiger partial charge in [0.05, 0.1) is 5.41 Å². The normalized spacial score (nSPS) is 18.1. The van der Waals surface area contributed by atoms with Crippen LogP contribution in [0.25, 0.3) is 0 Å². The van der Waals surface area contributed by atoms with Crippen molar-refractivity contribution in [3.63, 3.8) is 0 Å². The van der Waals surface area contributed by atoms with E-state index in [-0.39, 0.29) is 23.2 Å². The number of carbonyl (C=O) groups excluding carboxylic acids is 1. The van der Waals surface area contributed by atoms with Crippen molar-refractivity contribution in [3.8, 4) is 11.5 Å². The summed E-state index contributed by atoms with van der Waals surface area (Å²) in [6.45, 7) is 1.95. The molecule has 3 nitrogen and oxygen atoms in total. The van der Waals surface area contributed by atoms with Crippen molar-refractivity contribution >= 4 is 5.78 Å². The first-order valence-electron chi connectivity index (χ1n) is 8.28. The number of phenols is 2.